The molecule has 0 aliphatic rings. The summed E-state index contributed by atoms with van der Waals surface area (Å²) in [5, 5.41) is 7.37. The molecule has 1 atom stereocenters. The Kier molecular flexibility index (Phi) is 5.14. The van der Waals surface area contributed by atoms with E-state index in [1.807, 2.05) is 34.2 Å². The topological polar surface area (TPSA) is 76.0 Å². The Morgan fingerprint density at radius 3 is 2.76 bits per heavy atom. The van der Waals surface area contributed by atoms with Crippen molar-refractivity contribution in [3.05, 3.63) is 46.7 Å². The zero-order chi connectivity index (χ0) is 17.8. The van der Waals surface area contributed by atoms with Gasteiger partial charge in [0, 0.05) is 6.54 Å². The predicted octanol–water partition coefficient (Wildman–Crippen LogP) is 3.26. The molecule has 130 valence electrons. The van der Waals surface area contributed by atoms with Gasteiger partial charge in [-0.15, -0.1) is 11.3 Å². The summed E-state index contributed by atoms with van der Waals surface area (Å²) in [7, 11) is 0. The molecule has 0 unspecified atom stereocenters. The average Bonchev–Trinajstić information content (AvgIpc) is 3.24. The molecule has 6 nitrogen and oxygen atoms in total. The fourth-order valence-corrected chi connectivity index (χ4v) is 3.21. The maximum Gasteiger partial charge on any atom is 0.261 e. The molecule has 0 aliphatic heterocycles. The average molecular weight is 356 g/mol. The minimum Gasteiger partial charge on any atom is -0.340 e. The molecule has 2 heterocycles. The first-order chi connectivity index (χ1) is 12.1. The van der Waals surface area contributed by atoms with Crippen LogP contribution in [0.1, 0.15) is 29.9 Å². The van der Waals surface area contributed by atoms with Gasteiger partial charge >= 0.3 is 0 Å². The number of fused-ring (bicyclic) bond motifs is 1. The molecule has 7 heteroatoms. The molecule has 2 N–H and O–H groups in total. The fraction of sp³-hybridized carbons (Fsp3) is 0.278. The first-order valence-electron chi connectivity index (χ1n) is 8.20. The number of hydrogen-bond acceptors (Lipinski definition) is 4. The highest BCUT2D eigenvalue weighted by Crippen LogP contribution is 2.20. The number of rotatable bonds is 6. The zero-order valence-electron chi connectivity index (χ0n) is 14.2. The van der Waals surface area contributed by atoms with Crippen LogP contribution in [0.5, 0.6) is 0 Å². The van der Waals surface area contributed by atoms with Crippen molar-refractivity contribution in [3.63, 3.8) is 0 Å². The number of anilines is 1. The lowest BCUT2D eigenvalue weighted by Crippen LogP contribution is -2.41. The second kappa shape index (κ2) is 7.48. The van der Waals surface area contributed by atoms with E-state index >= 15 is 0 Å². The van der Waals surface area contributed by atoms with Gasteiger partial charge in [-0.3, -0.25) is 14.9 Å². The molecule has 0 aliphatic carbocycles. The Hall–Kier alpha value is -2.67. The molecule has 3 rings (SSSR count). The van der Waals surface area contributed by atoms with Crippen molar-refractivity contribution in [2.24, 2.45) is 0 Å². The van der Waals surface area contributed by atoms with Crippen LogP contribution in [0.4, 0.5) is 5.95 Å². The van der Waals surface area contributed by atoms with Crippen LogP contribution in [-0.4, -0.2) is 27.4 Å². The predicted molar refractivity (Wildman–Crippen MR) is 99.9 cm³/mol. The van der Waals surface area contributed by atoms with E-state index in [-0.39, 0.29) is 11.8 Å². The summed E-state index contributed by atoms with van der Waals surface area (Å²) in [5.41, 5.74) is 1.82. The van der Waals surface area contributed by atoms with Crippen LogP contribution in [-0.2, 0) is 11.3 Å². The minimum absolute atomic E-state index is 0.250. The maximum absolute atomic E-state index is 12.5. The van der Waals surface area contributed by atoms with Crippen LogP contribution in [0.3, 0.4) is 0 Å². The zero-order valence-corrected chi connectivity index (χ0v) is 15.0. The highest BCUT2D eigenvalue weighted by Gasteiger charge is 2.20. The summed E-state index contributed by atoms with van der Waals surface area (Å²) in [6, 6.07) is 10.6. The molecule has 0 saturated heterocycles. The molecule has 25 heavy (non-hydrogen) atoms. The van der Waals surface area contributed by atoms with E-state index in [1.165, 1.54) is 11.3 Å². The van der Waals surface area contributed by atoms with Gasteiger partial charge < -0.3 is 9.88 Å². The van der Waals surface area contributed by atoms with Gasteiger partial charge in [-0.25, -0.2) is 4.98 Å². The number of hydrogen-bond donors (Lipinski definition) is 2. The number of amides is 2. The second-order valence-corrected chi connectivity index (χ2v) is 6.69. The van der Waals surface area contributed by atoms with Gasteiger partial charge in [0.2, 0.25) is 11.9 Å². The van der Waals surface area contributed by atoms with E-state index in [4.69, 9.17) is 0 Å². The summed E-state index contributed by atoms with van der Waals surface area (Å²) in [4.78, 5) is 29.6. The van der Waals surface area contributed by atoms with Crippen molar-refractivity contribution in [2.45, 2.75) is 32.9 Å². The summed E-state index contributed by atoms with van der Waals surface area (Å²) < 4.78 is 1.99. The standard InChI is InChI=1S/C18H20N4O2S/c1-3-10-22-14-8-5-4-7-13(14)20-18(22)21-16(23)12(2)19-17(24)15-9-6-11-25-15/h4-9,11-12H,3,10H2,1-2H3,(H,19,24)(H,20,21,23)/t12-/m1/s1. The molecule has 0 saturated carbocycles. The van der Waals surface area contributed by atoms with Gasteiger partial charge in [0.15, 0.2) is 0 Å². The Morgan fingerprint density at radius 2 is 2.04 bits per heavy atom. The molecule has 3 aromatic rings. The third kappa shape index (κ3) is 3.71. The van der Waals surface area contributed by atoms with Crippen LogP contribution in [0, 0.1) is 0 Å². The van der Waals surface area contributed by atoms with Gasteiger partial charge in [-0.2, -0.15) is 0 Å². The minimum atomic E-state index is -0.663. The van der Waals surface area contributed by atoms with Gasteiger partial charge in [-0.1, -0.05) is 25.1 Å². The first kappa shape index (κ1) is 17.2. The molecule has 0 bridgehead atoms. The van der Waals surface area contributed by atoms with Gasteiger partial charge in [0.05, 0.1) is 15.9 Å². The van der Waals surface area contributed by atoms with Crippen LogP contribution in [0.15, 0.2) is 41.8 Å². The largest absolute Gasteiger partial charge is 0.340 e. The number of nitrogens with zero attached hydrogens (tertiary/aromatic N) is 2. The number of carbonyl (C=O) groups excluding carboxylic acids is 2. The Morgan fingerprint density at radius 1 is 1.24 bits per heavy atom. The third-order valence-corrected chi connectivity index (χ3v) is 4.69. The van der Waals surface area contributed by atoms with E-state index < -0.39 is 6.04 Å². The van der Waals surface area contributed by atoms with Crippen molar-refractivity contribution in [1.82, 2.24) is 14.9 Å². The van der Waals surface area contributed by atoms with Crippen molar-refractivity contribution >= 4 is 40.1 Å². The molecule has 1 aromatic carbocycles. The highest BCUT2D eigenvalue weighted by atomic mass is 32.1. The maximum atomic E-state index is 12.5. The van der Waals surface area contributed by atoms with Crippen LogP contribution in [0.2, 0.25) is 0 Å². The van der Waals surface area contributed by atoms with Gasteiger partial charge in [0.25, 0.3) is 5.91 Å². The summed E-state index contributed by atoms with van der Waals surface area (Å²) in [5.74, 6) is -0.0393. The molecule has 0 radical (unpaired) electrons. The fourth-order valence-electron chi connectivity index (χ4n) is 2.58. The van der Waals surface area contributed by atoms with Crippen molar-refractivity contribution in [2.75, 3.05) is 5.32 Å². The van der Waals surface area contributed by atoms with Gasteiger partial charge in [-0.05, 0) is 36.9 Å². The van der Waals surface area contributed by atoms with Crippen LogP contribution in [0.25, 0.3) is 11.0 Å². The van der Waals surface area contributed by atoms with E-state index in [2.05, 4.69) is 22.5 Å². The third-order valence-electron chi connectivity index (χ3n) is 3.82. The van der Waals surface area contributed by atoms with Crippen molar-refractivity contribution in [3.8, 4) is 0 Å². The quantitative estimate of drug-likeness (QED) is 0.712. The number of nitrogens with one attached hydrogen (secondary N) is 2. The Labute approximate surface area is 149 Å². The highest BCUT2D eigenvalue weighted by molar-refractivity contribution is 7.12. The van der Waals surface area contributed by atoms with Gasteiger partial charge in [0.1, 0.15) is 6.04 Å². The number of carbonyl (C=O) groups is 2. The van der Waals surface area contributed by atoms with E-state index in [1.54, 1.807) is 19.1 Å². The van der Waals surface area contributed by atoms with Crippen LogP contribution < -0.4 is 10.6 Å². The monoisotopic (exact) mass is 356 g/mol. The van der Waals surface area contributed by atoms with Crippen molar-refractivity contribution < 1.29 is 9.59 Å². The number of aryl methyl sites for hydroxylation is 1. The molecular weight excluding hydrogens is 336 g/mol. The van der Waals surface area contributed by atoms with Crippen LogP contribution >= 0.6 is 11.3 Å². The molecule has 2 aromatic heterocycles. The lowest BCUT2D eigenvalue weighted by molar-refractivity contribution is -0.117. The summed E-state index contributed by atoms with van der Waals surface area (Å²) in [6.45, 7) is 4.49. The SMILES string of the molecule is CCCn1c(NC(=O)[C@@H](C)NC(=O)c2cccs2)nc2ccccc21. The lowest BCUT2D eigenvalue weighted by Gasteiger charge is -2.14. The number of benzene rings is 1. The number of thiophene rings is 1. The number of aromatic nitrogens is 2. The van der Waals surface area contributed by atoms with E-state index in [0.29, 0.717) is 10.8 Å². The van der Waals surface area contributed by atoms with E-state index in [0.717, 1.165) is 24.0 Å². The molecule has 0 fully saturated rings. The molecule has 2 amide bonds. The summed E-state index contributed by atoms with van der Waals surface area (Å²) >= 11 is 1.34. The lowest BCUT2D eigenvalue weighted by atomic mass is 10.3. The Balaban J connectivity index is 1.75. The Bertz CT molecular complexity index is 886. The molecule has 0 spiro atoms. The van der Waals surface area contributed by atoms with Crippen molar-refractivity contribution in [1.29, 1.82) is 0 Å². The number of imidazole rings is 1. The van der Waals surface area contributed by atoms with E-state index in [9.17, 15) is 9.59 Å². The summed E-state index contributed by atoms with van der Waals surface area (Å²) in [6.07, 6.45) is 0.924. The first-order valence-corrected chi connectivity index (χ1v) is 9.08. The second-order valence-electron chi connectivity index (χ2n) is 5.74. The molecular formula is C18H20N4O2S. The number of para-hydroxylation sites is 2. The smallest absolute Gasteiger partial charge is 0.261 e. The normalized spacial score (nSPS) is 12.1.